The molecule has 0 aliphatic heterocycles. The van der Waals surface area contributed by atoms with Gasteiger partial charge >= 0.3 is 12.0 Å². The minimum Gasteiger partial charge on any atom is -0.475 e. The second kappa shape index (κ2) is 4.81. The van der Waals surface area contributed by atoms with Gasteiger partial charge in [0.25, 0.3) is 0 Å². The fourth-order valence-corrected chi connectivity index (χ4v) is 0.798. The lowest BCUT2D eigenvalue weighted by molar-refractivity contribution is -0.116. The van der Waals surface area contributed by atoms with Gasteiger partial charge in [-0.3, -0.25) is 10.1 Å². The number of nitrogens with one attached hydrogen (secondary N) is 1. The van der Waals surface area contributed by atoms with Crippen molar-refractivity contribution in [3.63, 3.8) is 0 Å². The van der Waals surface area contributed by atoms with E-state index in [4.69, 9.17) is 15.9 Å². The van der Waals surface area contributed by atoms with E-state index in [1.807, 2.05) is 0 Å². The van der Waals surface area contributed by atoms with Crippen LogP contribution in [0.25, 0.3) is 0 Å². The smallest absolute Gasteiger partial charge is 0.373 e. The molecular formula is C9H8N2O4. The number of anilines is 1. The zero-order valence-corrected chi connectivity index (χ0v) is 7.69. The van der Waals surface area contributed by atoms with Crippen LogP contribution in [0.15, 0.2) is 10.6 Å². The molecule has 0 bridgehead atoms. The van der Waals surface area contributed by atoms with Crippen molar-refractivity contribution in [1.29, 1.82) is 0 Å². The monoisotopic (exact) mass is 208 g/mol. The third-order valence-corrected chi connectivity index (χ3v) is 1.46. The molecule has 15 heavy (non-hydrogen) atoms. The number of oxazole rings is 1. The highest BCUT2D eigenvalue weighted by molar-refractivity contribution is 5.89. The van der Waals surface area contributed by atoms with Gasteiger partial charge in [-0.1, -0.05) is 0 Å². The number of hydrogen-bond acceptors (Lipinski definition) is 4. The van der Waals surface area contributed by atoms with E-state index in [1.165, 1.54) is 0 Å². The normalized spacial score (nSPS) is 9.27. The summed E-state index contributed by atoms with van der Waals surface area (Å²) in [5.41, 5.74) is 0. The van der Waals surface area contributed by atoms with Crippen molar-refractivity contribution in [2.75, 3.05) is 5.32 Å². The number of terminal acetylenes is 1. The number of nitrogens with zero attached hydrogens (tertiary/aromatic N) is 1. The maximum Gasteiger partial charge on any atom is 0.373 e. The average Bonchev–Trinajstić information content (AvgIpc) is 2.63. The van der Waals surface area contributed by atoms with Crippen molar-refractivity contribution in [2.45, 2.75) is 12.8 Å². The predicted molar refractivity (Wildman–Crippen MR) is 50.2 cm³/mol. The van der Waals surface area contributed by atoms with Gasteiger partial charge in [-0.25, -0.2) is 9.78 Å². The maximum atomic E-state index is 11.1. The van der Waals surface area contributed by atoms with Crippen molar-refractivity contribution >= 4 is 17.9 Å². The van der Waals surface area contributed by atoms with Crippen LogP contribution in [0.2, 0.25) is 0 Å². The van der Waals surface area contributed by atoms with E-state index >= 15 is 0 Å². The van der Waals surface area contributed by atoms with Gasteiger partial charge in [0, 0.05) is 12.8 Å². The Morgan fingerprint density at radius 3 is 2.93 bits per heavy atom. The summed E-state index contributed by atoms with van der Waals surface area (Å²) in [7, 11) is 0. The van der Waals surface area contributed by atoms with Gasteiger partial charge in [-0.15, -0.1) is 12.3 Å². The van der Waals surface area contributed by atoms with E-state index in [9.17, 15) is 9.59 Å². The number of aromatic carboxylic acids is 1. The molecule has 78 valence electrons. The molecule has 0 aliphatic rings. The molecule has 0 spiro atoms. The Hall–Kier alpha value is -2.29. The third-order valence-electron chi connectivity index (χ3n) is 1.46. The van der Waals surface area contributed by atoms with E-state index in [1.54, 1.807) is 0 Å². The van der Waals surface area contributed by atoms with Gasteiger partial charge in [-0.05, 0) is 0 Å². The molecule has 0 atom stereocenters. The summed E-state index contributed by atoms with van der Waals surface area (Å²) in [5.74, 6) is 0.358. The minimum atomic E-state index is -1.24. The van der Waals surface area contributed by atoms with Gasteiger partial charge in [-0.2, -0.15) is 0 Å². The number of carboxylic acid groups (broad SMARTS) is 1. The van der Waals surface area contributed by atoms with Crippen LogP contribution in [-0.4, -0.2) is 22.0 Å². The molecule has 0 unspecified atom stereocenters. The summed E-state index contributed by atoms with van der Waals surface area (Å²) in [5, 5.41) is 10.8. The Labute approximate surface area is 85.3 Å². The Bertz CT molecular complexity index is 416. The van der Waals surface area contributed by atoms with E-state index < -0.39 is 5.97 Å². The molecule has 1 rings (SSSR count). The lowest BCUT2D eigenvalue weighted by atomic mass is 10.3. The summed E-state index contributed by atoms with van der Waals surface area (Å²) >= 11 is 0. The first-order valence-electron chi connectivity index (χ1n) is 4.06. The molecule has 6 heteroatoms. The molecular weight excluding hydrogens is 200 g/mol. The lowest BCUT2D eigenvalue weighted by Gasteiger charge is -1.96. The molecule has 0 aromatic carbocycles. The second-order valence-electron chi connectivity index (χ2n) is 2.59. The highest BCUT2D eigenvalue weighted by Crippen LogP contribution is 2.08. The summed E-state index contributed by atoms with van der Waals surface area (Å²) in [4.78, 5) is 25.0. The number of aromatic nitrogens is 1. The molecule has 2 N–H and O–H groups in total. The molecule has 1 aromatic heterocycles. The molecule has 0 saturated heterocycles. The molecule has 0 fully saturated rings. The fourth-order valence-electron chi connectivity index (χ4n) is 0.798. The lowest BCUT2D eigenvalue weighted by Crippen LogP contribution is -2.10. The van der Waals surface area contributed by atoms with Crippen molar-refractivity contribution in [3.05, 3.63) is 12.0 Å². The first kappa shape index (κ1) is 10.8. The van der Waals surface area contributed by atoms with Crippen LogP contribution in [0.1, 0.15) is 23.4 Å². The average molecular weight is 208 g/mol. The predicted octanol–water partition coefficient (Wildman–Crippen LogP) is 0.725. The topological polar surface area (TPSA) is 92.4 Å². The number of amides is 1. The summed E-state index contributed by atoms with van der Waals surface area (Å²) in [6.45, 7) is 0. The standard InChI is InChI=1S/C9H8N2O4/c1-2-3-4-7(12)11-9-10-5-6(15-9)8(13)14/h1,5H,3-4H2,(H,13,14)(H,10,11,12). The van der Waals surface area contributed by atoms with Gasteiger partial charge < -0.3 is 9.52 Å². The zero-order valence-electron chi connectivity index (χ0n) is 7.69. The van der Waals surface area contributed by atoms with Gasteiger partial charge in [0.1, 0.15) is 0 Å². The van der Waals surface area contributed by atoms with Crippen molar-refractivity contribution in [3.8, 4) is 12.3 Å². The van der Waals surface area contributed by atoms with Crippen molar-refractivity contribution in [1.82, 2.24) is 4.98 Å². The fraction of sp³-hybridized carbons (Fsp3) is 0.222. The summed E-state index contributed by atoms with van der Waals surface area (Å²) in [6, 6.07) is -0.144. The molecule has 1 amide bonds. The van der Waals surface area contributed by atoms with Gasteiger partial charge in [0.05, 0.1) is 6.20 Å². The summed E-state index contributed by atoms with van der Waals surface area (Å²) in [6.07, 6.45) is 6.42. The number of carbonyl (C=O) groups is 2. The summed E-state index contributed by atoms with van der Waals surface area (Å²) < 4.78 is 4.70. The highest BCUT2D eigenvalue weighted by atomic mass is 16.4. The number of hydrogen-bond donors (Lipinski definition) is 2. The Kier molecular flexibility index (Phi) is 3.46. The Morgan fingerprint density at radius 2 is 2.40 bits per heavy atom. The quantitative estimate of drug-likeness (QED) is 0.711. The largest absolute Gasteiger partial charge is 0.475 e. The molecule has 1 aromatic rings. The van der Waals surface area contributed by atoms with E-state index in [2.05, 4.69) is 16.2 Å². The van der Waals surface area contributed by atoms with Crippen LogP contribution in [-0.2, 0) is 4.79 Å². The molecule has 0 saturated carbocycles. The van der Waals surface area contributed by atoms with Crippen molar-refractivity contribution < 1.29 is 19.1 Å². The first-order valence-corrected chi connectivity index (χ1v) is 4.06. The Balaban J connectivity index is 2.54. The van der Waals surface area contributed by atoms with E-state index in [-0.39, 0.29) is 24.1 Å². The molecule has 1 heterocycles. The zero-order chi connectivity index (χ0) is 11.3. The number of carbonyl (C=O) groups excluding carboxylic acids is 1. The Morgan fingerprint density at radius 1 is 1.67 bits per heavy atom. The van der Waals surface area contributed by atoms with Gasteiger partial charge in [0.2, 0.25) is 11.7 Å². The second-order valence-corrected chi connectivity index (χ2v) is 2.59. The van der Waals surface area contributed by atoms with Crippen LogP contribution in [0.4, 0.5) is 6.01 Å². The molecule has 0 aliphatic carbocycles. The van der Waals surface area contributed by atoms with Gasteiger partial charge in [0.15, 0.2) is 0 Å². The highest BCUT2D eigenvalue weighted by Gasteiger charge is 2.11. The first-order chi connectivity index (χ1) is 7.13. The van der Waals surface area contributed by atoms with Crippen LogP contribution in [0.3, 0.4) is 0 Å². The van der Waals surface area contributed by atoms with E-state index in [0.717, 1.165) is 6.20 Å². The minimum absolute atomic E-state index is 0.140. The molecule has 0 radical (unpaired) electrons. The molecule has 6 nitrogen and oxygen atoms in total. The number of rotatable bonds is 4. The maximum absolute atomic E-state index is 11.1. The third kappa shape index (κ3) is 3.15. The van der Waals surface area contributed by atoms with Crippen molar-refractivity contribution in [2.24, 2.45) is 0 Å². The van der Waals surface area contributed by atoms with Crippen LogP contribution >= 0.6 is 0 Å². The van der Waals surface area contributed by atoms with E-state index in [0.29, 0.717) is 6.42 Å². The van der Waals surface area contributed by atoms with Crippen LogP contribution in [0, 0.1) is 12.3 Å². The number of carboxylic acids is 1. The SMILES string of the molecule is C#CCCC(=O)Nc1ncc(C(=O)O)o1. The van der Waals surface area contributed by atoms with Crippen LogP contribution in [0.5, 0.6) is 0 Å². The van der Waals surface area contributed by atoms with Crippen LogP contribution < -0.4 is 5.32 Å².